The van der Waals surface area contributed by atoms with Crippen LogP contribution in [0, 0.1) is 0 Å². The number of carbonyl (C=O) groups excluding carboxylic acids is 1. The first-order chi connectivity index (χ1) is 15.0. The topological polar surface area (TPSA) is 124 Å². The van der Waals surface area contributed by atoms with Gasteiger partial charge >= 0.3 is 0 Å². The van der Waals surface area contributed by atoms with Crippen LogP contribution in [0.15, 0.2) is 36.5 Å². The van der Waals surface area contributed by atoms with Crippen LogP contribution in [0.5, 0.6) is 0 Å². The minimum Gasteiger partial charge on any atom is -0.350 e. The lowest BCUT2D eigenvalue weighted by molar-refractivity contribution is -0.120. The van der Waals surface area contributed by atoms with Crippen LogP contribution in [0.2, 0.25) is 0 Å². The predicted molar refractivity (Wildman–Crippen MR) is 119 cm³/mol. The molecule has 11 heteroatoms. The number of carbonyl (C=O) groups is 1. The van der Waals surface area contributed by atoms with Crippen LogP contribution in [-0.2, 0) is 22.4 Å². The Bertz CT molecular complexity index is 851. The first kappa shape index (κ1) is 23.6. The molecule has 31 heavy (non-hydrogen) atoms. The Morgan fingerprint density at radius 1 is 1.13 bits per heavy atom. The van der Waals surface area contributed by atoms with E-state index in [1.807, 2.05) is 35.2 Å². The van der Waals surface area contributed by atoms with Gasteiger partial charge in [0.1, 0.15) is 5.69 Å². The molecule has 1 aliphatic rings. The summed E-state index contributed by atoms with van der Waals surface area (Å²) in [5, 5.41) is 17.5. The molecule has 4 N–H and O–H groups in total. The first-order valence-electron chi connectivity index (χ1n) is 10.6. The number of hydrogen-bond acceptors (Lipinski definition) is 7. The highest BCUT2D eigenvalue weighted by molar-refractivity contribution is 7.57. The zero-order valence-electron chi connectivity index (χ0n) is 17.7. The summed E-state index contributed by atoms with van der Waals surface area (Å²) in [7, 11) is -3.42. The van der Waals surface area contributed by atoms with Gasteiger partial charge in [0.05, 0.1) is 25.6 Å². The minimum atomic E-state index is -3.42. The molecule has 2 heterocycles. The summed E-state index contributed by atoms with van der Waals surface area (Å²) < 4.78 is 14.3. The highest BCUT2D eigenvalue weighted by Gasteiger charge is 2.23. The second kappa shape index (κ2) is 12.1. The molecule has 170 valence electrons. The fourth-order valence-electron chi connectivity index (χ4n) is 3.36. The monoisotopic (exact) mass is 449 g/mol. The fraction of sp³-hybridized carbons (Fsp3) is 0.550. The molecule has 1 atom stereocenters. The molecule has 1 saturated heterocycles. The number of aromatic nitrogens is 3. The van der Waals surface area contributed by atoms with E-state index in [9.17, 15) is 14.3 Å². The lowest BCUT2D eigenvalue weighted by Crippen LogP contribution is -2.35. The van der Waals surface area contributed by atoms with Gasteiger partial charge < -0.3 is 20.8 Å². The van der Waals surface area contributed by atoms with Crippen molar-refractivity contribution in [1.82, 2.24) is 35.8 Å². The number of benzene rings is 1. The maximum Gasteiger partial charge on any atom is 0.220 e. The second-order valence-corrected chi connectivity index (χ2v) is 10.2. The number of hydrogen-bond donors (Lipinski definition) is 4. The van der Waals surface area contributed by atoms with Crippen LogP contribution in [0.3, 0.4) is 0 Å². The van der Waals surface area contributed by atoms with E-state index in [2.05, 4.69) is 26.3 Å². The number of rotatable bonds is 9. The van der Waals surface area contributed by atoms with Gasteiger partial charge in [-0.2, -0.15) is 0 Å². The summed E-state index contributed by atoms with van der Waals surface area (Å²) in [6.45, 7) is 5.65. The van der Waals surface area contributed by atoms with Crippen LogP contribution < -0.4 is 16.0 Å². The molecular formula is C20H32N7O3P. The second-order valence-electron chi connectivity index (χ2n) is 7.75. The number of nitrogens with zero attached hydrogens (tertiary/aromatic N) is 4. The normalized spacial score (nSPS) is 17.8. The number of amides is 1. The smallest absolute Gasteiger partial charge is 0.220 e. The van der Waals surface area contributed by atoms with Crippen molar-refractivity contribution in [3.63, 3.8) is 0 Å². The Morgan fingerprint density at radius 3 is 2.55 bits per heavy atom. The first-order valence-corrected chi connectivity index (χ1v) is 12.7. The Balaban J connectivity index is 1.38. The van der Waals surface area contributed by atoms with Crippen LogP contribution in [0.4, 0.5) is 0 Å². The van der Waals surface area contributed by atoms with Crippen molar-refractivity contribution in [1.29, 1.82) is 0 Å². The fourth-order valence-corrected chi connectivity index (χ4v) is 4.96. The molecule has 1 fully saturated rings. The van der Waals surface area contributed by atoms with Gasteiger partial charge in [-0.05, 0) is 5.56 Å². The van der Waals surface area contributed by atoms with Crippen LogP contribution in [0.25, 0.3) is 0 Å². The quantitative estimate of drug-likeness (QED) is 0.396. The SMILES string of the molecule is O=C(CCP(=O)(O)CN1CCNCCNCC1)NCc1cn(Cc2ccccc2)nn1. The summed E-state index contributed by atoms with van der Waals surface area (Å²) in [5.41, 5.74) is 1.76. The van der Waals surface area contributed by atoms with Gasteiger partial charge in [-0.1, -0.05) is 35.5 Å². The van der Waals surface area contributed by atoms with Gasteiger partial charge in [0.2, 0.25) is 13.3 Å². The molecule has 3 rings (SSSR count). The Kier molecular flexibility index (Phi) is 9.17. The molecular weight excluding hydrogens is 417 g/mol. The summed E-state index contributed by atoms with van der Waals surface area (Å²) in [6.07, 6.45) is 1.88. The van der Waals surface area contributed by atoms with E-state index >= 15 is 0 Å². The molecule has 1 unspecified atom stereocenters. The summed E-state index contributed by atoms with van der Waals surface area (Å²) in [4.78, 5) is 24.5. The largest absolute Gasteiger partial charge is 0.350 e. The third-order valence-electron chi connectivity index (χ3n) is 5.04. The average Bonchev–Trinajstić information content (AvgIpc) is 3.24. The van der Waals surface area contributed by atoms with E-state index in [1.54, 1.807) is 10.9 Å². The van der Waals surface area contributed by atoms with Gasteiger partial charge in [0.15, 0.2) is 0 Å². The molecule has 0 spiro atoms. The van der Waals surface area contributed by atoms with Crippen molar-refractivity contribution in [2.24, 2.45) is 0 Å². The molecule has 0 bridgehead atoms. The highest BCUT2D eigenvalue weighted by Crippen LogP contribution is 2.41. The van der Waals surface area contributed by atoms with Gasteiger partial charge in [-0.15, -0.1) is 5.10 Å². The van der Waals surface area contributed by atoms with Gasteiger partial charge in [0, 0.05) is 51.9 Å². The van der Waals surface area contributed by atoms with Gasteiger partial charge in [-0.3, -0.25) is 14.3 Å². The van der Waals surface area contributed by atoms with E-state index in [0.29, 0.717) is 12.2 Å². The molecule has 1 aliphatic heterocycles. The Morgan fingerprint density at radius 2 is 1.84 bits per heavy atom. The van der Waals surface area contributed by atoms with E-state index in [-0.39, 0.29) is 31.3 Å². The van der Waals surface area contributed by atoms with Crippen molar-refractivity contribution in [2.75, 3.05) is 51.7 Å². The molecule has 2 aromatic rings. The molecule has 1 aromatic carbocycles. The van der Waals surface area contributed by atoms with Crippen LogP contribution in [-0.4, -0.2) is 82.4 Å². The van der Waals surface area contributed by atoms with Crippen LogP contribution in [0.1, 0.15) is 17.7 Å². The van der Waals surface area contributed by atoms with E-state index in [1.165, 1.54) is 0 Å². The summed E-state index contributed by atoms with van der Waals surface area (Å²) >= 11 is 0. The molecule has 0 saturated carbocycles. The van der Waals surface area contributed by atoms with Gasteiger partial charge in [0.25, 0.3) is 0 Å². The van der Waals surface area contributed by atoms with Crippen LogP contribution >= 0.6 is 7.37 Å². The van der Waals surface area contributed by atoms with Crippen molar-refractivity contribution in [3.05, 3.63) is 47.8 Å². The zero-order valence-corrected chi connectivity index (χ0v) is 18.6. The van der Waals surface area contributed by atoms with Crippen molar-refractivity contribution in [3.8, 4) is 0 Å². The van der Waals surface area contributed by atoms with E-state index in [4.69, 9.17) is 0 Å². The Labute approximate surface area is 182 Å². The minimum absolute atomic E-state index is 0.0102. The van der Waals surface area contributed by atoms with Crippen molar-refractivity contribution >= 4 is 13.3 Å². The molecule has 10 nitrogen and oxygen atoms in total. The highest BCUT2D eigenvalue weighted by atomic mass is 31.2. The third kappa shape index (κ3) is 8.88. The summed E-state index contributed by atoms with van der Waals surface area (Å²) in [5.74, 6) is -0.264. The Hall–Kier alpha value is -2.10. The summed E-state index contributed by atoms with van der Waals surface area (Å²) in [6, 6.07) is 9.92. The molecule has 1 aromatic heterocycles. The van der Waals surface area contributed by atoms with E-state index in [0.717, 1.165) is 44.8 Å². The van der Waals surface area contributed by atoms with Gasteiger partial charge in [-0.25, -0.2) is 4.68 Å². The zero-order chi connectivity index (χ0) is 21.9. The maximum absolute atomic E-state index is 12.6. The van der Waals surface area contributed by atoms with Crippen molar-refractivity contribution in [2.45, 2.75) is 19.5 Å². The molecule has 1 amide bonds. The molecule has 0 radical (unpaired) electrons. The average molecular weight is 449 g/mol. The number of nitrogens with one attached hydrogen (secondary N) is 3. The predicted octanol–water partition coefficient (Wildman–Crippen LogP) is 0.0554. The molecule has 0 aliphatic carbocycles. The standard InChI is InChI=1S/C20H32N7O3P/c28-20(6-13-31(29,30)17-26-11-9-21-7-8-22-10-12-26)23-14-19-16-27(25-24-19)15-18-4-2-1-3-5-18/h1-5,16,21-22H,6-15,17H2,(H,23,28)(H,29,30). The lowest BCUT2D eigenvalue weighted by atomic mass is 10.2. The van der Waals surface area contributed by atoms with E-state index < -0.39 is 7.37 Å². The van der Waals surface area contributed by atoms with Crippen molar-refractivity contribution < 1.29 is 14.3 Å². The lowest BCUT2D eigenvalue weighted by Gasteiger charge is -2.24. The maximum atomic E-state index is 12.6. The third-order valence-corrected chi connectivity index (χ3v) is 6.80.